The lowest BCUT2D eigenvalue weighted by Gasteiger charge is -2.32. The third-order valence-corrected chi connectivity index (χ3v) is 7.38. The van der Waals surface area contributed by atoms with Gasteiger partial charge >= 0.3 is 0 Å². The highest BCUT2D eigenvalue weighted by atomic mass is 35.5. The summed E-state index contributed by atoms with van der Waals surface area (Å²) in [7, 11) is 0. The van der Waals surface area contributed by atoms with Crippen molar-refractivity contribution in [2.45, 2.75) is 44.6 Å². The van der Waals surface area contributed by atoms with E-state index in [4.69, 9.17) is 34.8 Å². The molecule has 1 atom stereocenters. The number of hydrogen-bond donors (Lipinski definition) is 1. The number of halogens is 3. The van der Waals surface area contributed by atoms with Crippen molar-refractivity contribution in [3.8, 4) is 0 Å². The van der Waals surface area contributed by atoms with Gasteiger partial charge in [0, 0.05) is 29.8 Å². The third kappa shape index (κ3) is 8.74. The van der Waals surface area contributed by atoms with Crippen molar-refractivity contribution in [3.63, 3.8) is 0 Å². The average Bonchev–Trinajstić information content (AvgIpc) is 2.83. The average molecular weight is 564 g/mol. The molecule has 0 bridgehead atoms. The number of nitrogens with zero attached hydrogens (tertiary/aromatic N) is 1. The van der Waals surface area contributed by atoms with E-state index in [1.807, 2.05) is 74.5 Å². The van der Waals surface area contributed by atoms with Crippen molar-refractivity contribution in [1.82, 2.24) is 10.2 Å². The second-order valence-corrected chi connectivity index (χ2v) is 11.0. The highest BCUT2D eigenvalue weighted by Gasteiger charge is 2.30. The van der Waals surface area contributed by atoms with Crippen molar-refractivity contribution in [1.29, 1.82) is 0 Å². The molecule has 0 aliphatic heterocycles. The molecule has 0 heterocycles. The maximum Gasteiger partial charge on any atom is 0.243 e. The van der Waals surface area contributed by atoms with Crippen molar-refractivity contribution in [2.75, 3.05) is 5.75 Å². The molecule has 3 rings (SSSR count). The van der Waals surface area contributed by atoms with Crippen molar-refractivity contribution in [2.24, 2.45) is 0 Å². The molecule has 0 saturated heterocycles. The van der Waals surface area contributed by atoms with Gasteiger partial charge in [0.15, 0.2) is 0 Å². The Morgan fingerprint density at radius 2 is 1.58 bits per heavy atom. The first-order valence-electron chi connectivity index (χ1n) is 11.6. The van der Waals surface area contributed by atoms with Gasteiger partial charge in [-0.2, -0.15) is 0 Å². The maximum absolute atomic E-state index is 13.6. The number of carbonyl (C=O) groups is 2. The van der Waals surface area contributed by atoms with Gasteiger partial charge in [-0.3, -0.25) is 9.59 Å². The van der Waals surface area contributed by atoms with Crippen LogP contribution < -0.4 is 5.32 Å². The van der Waals surface area contributed by atoms with Crippen molar-refractivity contribution >= 4 is 58.4 Å². The van der Waals surface area contributed by atoms with Gasteiger partial charge in [-0.1, -0.05) is 83.3 Å². The number of benzene rings is 3. The van der Waals surface area contributed by atoms with E-state index in [1.165, 1.54) is 11.8 Å². The van der Waals surface area contributed by atoms with Crippen molar-refractivity contribution < 1.29 is 9.59 Å². The number of rotatable bonds is 11. The van der Waals surface area contributed by atoms with E-state index in [2.05, 4.69) is 5.32 Å². The standard InChI is InChI=1S/C28H29Cl3N2O2S/c1-19(2)32-28(35)26(15-20-7-4-3-5-8-20)33(16-21-11-12-24(30)25(31)14-21)27(34)18-36-17-22-9-6-10-23(29)13-22/h3-14,19,26H,15-18H2,1-2H3,(H,32,35)/t26-/m1/s1. The van der Waals surface area contributed by atoms with Gasteiger partial charge in [-0.05, 0) is 54.8 Å². The molecule has 3 aromatic rings. The summed E-state index contributed by atoms with van der Waals surface area (Å²) in [6.45, 7) is 4.05. The van der Waals surface area contributed by atoms with Crippen LogP contribution in [0.3, 0.4) is 0 Å². The maximum atomic E-state index is 13.6. The van der Waals surface area contributed by atoms with Crippen LogP contribution in [0.25, 0.3) is 0 Å². The monoisotopic (exact) mass is 562 g/mol. The normalized spacial score (nSPS) is 11.8. The Morgan fingerprint density at radius 1 is 0.861 bits per heavy atom. The summed E-state index contributed by atoms with van der Waals surface area (Å²) in [5.41, 5.74) is 2.81. The Kier molecular flexibility index (Phi) is 11.0. The zero-order valence-electron chi connectivity index (χ0n) is 20.2. The molecule has 0 aromatic heterocycles. The highest BCUT2D eigenvalue weighted by molar-refractivity contribution is 7.99. The second kappa shape index (κ2) is 13.9. The fourth-order valence-electron chi connectivity index (χ4n) is 3.74. The number of nitrogens with one attached hydrogen (secondary N) is 1. The zero-order chi connectivity index (χ0) is 26.1. The molecule has 0 aliphatic rings. The Labute approximate surface area is 232 Å². The molecule has 1 N–H and O–H groups in total. The number of hydrogen-bond acceptors (Lipinski definition) is 3. The van der Waals surface area contributed by atoms with Crippen LogP contribution >= 0.6 is 46.6 Å². The molecule has 0 spiro atoms. The van der Waals surface area contributed by atoms with E-state index in [-0.39, 0.29) is 30.2 Å². The molecule has 0 aliphatic carbocycles. The van der Waals surface area contributed by atoms with Crippen molar-refractivity contribution in [3.05, 3.63) is 105 Å². The minimum absolute atomic E-state index is 0.0603. The van der Waals surface area contributed by atoms with Gasteiger partial charge in [0.2, 0.25) is 11.8 Å². The molecule has 0 fully saturated rings. The Balaban J connectivity index is 1.87. The molecule has 8 heteroatoms. The van der Waals surface area contributed by atoms with Crippen LogP contribution in [0, 0.1) is 0 Å². The molecule has 190 valence electrons. The summed E-state index contributed by atoms with van der Waals surface area (Å²) in [5.74, 6) is 0.526. The van der Waals surface area contributed by atoms with Crippen LogP contribution in [0.4, 0.5) is 0 Å². The van der Waals surface area contributed by atoms with Crippen LogP contribution in [0.5, 0.6) is 0 Å². The minimum atomic E-state index is -0.691. The molecule has 0 radical (unpaired) electrons. The van der Waals surface area contributed by atoms with Crippen LogP contribution in [0.15, 0.2) is 72.8 Å². The van der Waals surface area contributed by atoms with E-state index < -0.39 is 6.04 Å². The van der Waals surface area contributed by atoms with Crippen LogP contribution in [0.2, 0.25) is 15.1 Å². The summed E-state index contributed by atoms with van der Waals surface area (Å²) < 4.78 is 0. The minimum Gasteiger partial charge on any atom is -0.352 e. The molecule has 0 saturated carbocycles. The summed E-state index contributed by atoms with van der Waals surface area (Å²) >= 11 is 19.9. The summed E-state index contributed by atoms with van der Waals surface area (Å²) in [5, 5.41) is 4.50. The van der Waals surface area contributed by atoms with Crippen LogP contribution in [-0.2, 0) is 28.3 Å². The first kappa shape index (κ1) is 28.4. The smallest absolute Gasteiger partial charge is 0.243 e. The number of thioether (sulfide) groups is 1. The molecule has 3 aromatic carbocycles. The second-order valence-electron chi connectivity index (χ2n) is 8.76. The molecule has 4 nitrogen and oxygen atoms in total. The molecule has 2 amide bonds. The predicted molar refractivity (Wildman–Crippen MR) is 152 cm³/mol. The van der Waals surface area contributed by atoms with E-state index in [0.29, 0.717) is 27.2 Å². The van der Waals surface area contributed by atoms with Crippen LogP contribution in [0.1, 0.15) is 30.5 Å². The Bertz CT molecular complexity index is 1170. The Hall–Kier alpha value is -2.18. The lowest BCUT2D eigenvalue weighted by molar-refractivity contribution is -0.139. The largest absolute Gasteiger partial charge is 0.352 e. The summed E-state index contributed by atoms with van der Waals surface area (Å²) in [4.78, 5) is 28.6. The van der Waals surface area contributed by atoms with E-state index in [9.17, 15) is 9.59 Å². The first-order valence-corrected chi connectivity index (χ1v) is 13.9. The van der Waals surface area contributed by atoms with E-state index in [1.54, 1.807) is 17.0 Å². The van der Waals surface area contributed by atoms with Gasteiger partial charge in [0.05, 0.1) is 15.8 Å². The van der Waals surface area contributed by atoms with E-state index >= 15 is 0 Å². The SMILES string of the molecule is CC(C)NC(=O)[C@@H](Cc1ccccc1)N(Cc1ccc(Cl)c(Cl)c1)C(=O)CSCc1cccc(Cl)c1. The topological polar surface area (TPSA) is 49.4 Å². The summed E-state index contributed by atoms with van der Waals surface area (Å²) in [6.07, 6.45) is 0.394. The lowest BCUT2D eigenvalue weighted by Crippen LogP contribution is -2.52. The fraction of sp³-hybridized carbons (Fsp3) is 0.286. The predicted octanol–water partition coefficient (Wildman–Crippen LogP) is 7.04. The van der Waals surface area contributed by atoms with E-state index in [0.717, 1.165) is 16.7 Å². The third-order valence-electron chi connectivity index (χ3n) is 5.42. The van der Waals surface area contributed by atoms with Gasteiger partial charge in [0.1, 0.15) is 6.04 Å². The number of carbonyl (C=O) groups excluding carboxylic acids is 2. The van der Waals surface area contributed by atoms with Gasteiger partial charge in [-0.15, -0.1) is 11.8 Å². The molecular weight excluding hydrogens is 535 g/mol. The zero-order valence-corrected chi connectivity index (χ0v) is 23.3. The van der Waals surface area contributed by atoms with Gasteiger partial charge in [-0.25, -0.2) is 0 Å². The summed E-state index contributed by atoms with van der Waals surface area (Å²) in [6, 6.07) is 21.8. The number of amides is 2. The quantitative estimate of drug-likeness (QED) is 0.272. The van der Waals surface area contributed by atoms with Gasteiger partial charge in [0.25, 0.3) is 0 Å². The highest BCUT2D eigenvalue weighted by Crippen LogP contribution is 2.25. The molecular formula is C28H29Cl3N2O2S. The molecule has 36 heavy (non-hydrogen) atoms. The molecule has 0 unspecified atom stereocenters. The van der Waals surface area contributed by atoms with Crippen LogP contribution in [-0.4, -0.2) is 34.6 Å². The first-order chi connectivity index (χ1) is 17.2. The Morgan fingerprint density at radius 3 is 2.25 bits per heavy atom. The van der Waals surface area contributed by atoms with Gasteiger partial charge < -0.3 is 10.2 Å². The fourth-order valence-corrected chi connectivity index (χ4v) is 5.13. The lowest BCUT2D eigenvalue weighted by atomic mass is 10.0.